The van der Waals surface area contributed by atoms with Gasteiger partial charge in [-0.3, -0.25) is 10.1 Å². The predicted octanol–water partition coefficient (Wildman–Crippen LogP) is 2.23. The number of hydrogen-bond acceptors (Lipinski definition) is 3. The highest BCUT2D eigenvalue weighted by Gasteiger charge is 2.25. The van der Waals surface area contributed by atoms with E-state index in [0.717, 1.165) is 23.3 Å². The van der Waals surface area contributed by atoms with Crippen LogP contribution in [0.25, 0.3) is 0 Å². The van der Waals surface area contributed by atoms with Crippen LogP contribution in [0.5, 0.6) is 5.75 Å². The molecule has 0 saturated carbocycles. The van der Waals surface area contributed by atoms with Gasteiger partial charge in [-0.05, 0) is 19.9 Å². The molecule has 0 fully saturated rings. The van der Waals surface area contributed by atoms with Crippen molar-refractivity contribution in [3.63, 3.8) is 0 Å². The molecule has 4 heteroatoms. The van der Waals surface area contributed by atoms with Crippen molar-refractivity contribution in [1.29, 1.82) is 0 Å². The van der Waals surface area contributed by atoms with Crippen LogP contribution in [0, 0.1) is 17.0 Å². The van der Waals surface area contributed by atoms with Gasteiger partial charge in [0.1, 0.15) is 11.9 Å². The quantitative estimate of drug-likeness (QED) is 0.507. The summed E-state index contributed by atoms with van der Waals surface area (Å²) < 4.78 is 5.50. The molecule has 1 heterocycles. The summed E-state index contributed by atoms with van der Waals surface area (Å²) in [4.78, 5) is 10.3. The Bertz CT molecular complexity index is 401. The molecule has 1 aliphatic rings. The Hall–Kier alpha value is -1.58. The predicted molar refractivity (Wildman–Crippen MR) is 51.6 cm³/mol. The highest BCUT2D eigenvalue weighted by molar-refractivity contribution is 5.53. The number of nitro groups is 1. The van der Waals surface area contributed by atoms with E-state index < -0.39 is 0 Å². The van der Waals surface area contributed by atoms with Gasteiger partial charge in [-0.1, -0.05) is 0 Å². The Kier molecular flexibility index (Phi) is 1.91. The standard InChI is InChI=1S/C10H11NO3/c1-6-5-8-7(2)9(11(12)13)3-4-10(8)14-6/h3-4,6H,5H2,1-2H3. The monoisotopic (exact) mass is 193 g/mol. The van der Waals surface area contributed by atoms with Crippen LogP contribution in [-0.4, -0.2) is 11.0 Å². The van der Waals surface area contributed by atoms with Gasteiger partial charge in [-0.2, -0.15) is 0 Å². The minimum absolute atomic E-state index is 0.130. The first-order valence-corrected chi connectivity index (χ1v) is 4.53. The second-order valence-electron chi connectivity index (χ2n) is 3.58. The molecule has 1 unspecified atom stereocenters. The zero-order valence-electron chi connectivity index (χ0n) is 8.11. The van der Waals surface area contributed by atoms with E-state index in [1.165, 1.54) is 6.07 Å². The van der Waals surface area contributed by atoms with Gasteiger partial charge in [-0.25, -0.2) is 0 Å². The molecule has 2 rings (SSSR count). The molecule has 0 spiro atoms. The van der Waals surface area contributed by atoms with Crippen LogP contribution in [0.15, 0.2) is 12.1 Å². The van der Waals surface area contributed by atoms with Crippen LogP contribution in [-0.2, 0) is 6.42 Å². The Labute approximate surface area is 81.7 Å². The molecule has 14 heavy (non-hydrogen) atoms. The van der Waals surface area contributed by atoms with Crippen LogP contribution in [0.3, 0.4) is 0 Å². The summed E-state index contributed by atoms with van der Waals surface area (Å²) in [6.07, 6.45) is 0.897. The van der Waals surface area contributed by atoms with Crippen molar-refractivity contribution in [3.05, 3.63) is 33.4 Å². The molecule has 0 aliphatic carbocycles. The Morgan fingerprint density at radius 2 is 2.29 bits per heavy atom. The van der Waals surface area contributed by atoms with E-state index in [-0.39, 0.29) is 16.7 Å². The molecule has 1 aromatic carbocycles. The summed E-state index contributed by atoms with van der Waals surface area (Å²) in [6, 6.07) is 3.19. The molecular formula is C10H11NO3. The summed E-state index contributed by atoms with van der Waals surface area (Å²) in [5.41, 5.74) is 1.89. The van der Waals surface area contributed by atoms with Crippen LogP contribution in [0.2, 0.25) is 0 Å². The smallest absolute Gasteiger partial charge is 0.272 e. The fourth-order valence-corrected chi connectivity index (χ4v) is 1.83. The van der Waals surface area contributed by atoms with E-state index in [0.29, 0.717) is 0 Å². The summed E-state index contributed by atoms with van der Waals surface area (Å²) >= 11 is 0. The minimum atomic E-state index is -0.349. The number of nitro benzene ring substituents is 1. The summed E-state index contributed by atoms with van der Waals surface area (Å²) in [7, 11) is 0. The third-order valence-corrected chi connectivity index (χ3v) is 2.54. The summed E-state index contributed by atoms with van der Waals surface area (Å²) in [5, 5.41) is 10.7. The molecule has 1 atom stereocenters. The molecule has 1 aliphatic heterocycles. The van der Waals surface area contributed by atoms with Crippen LogP contribution >= 0.6 is 0 Å². The largest absolute Gasteiger partial charge is 0.490 e. The lowest BCUT2D eigenvalue weighted by Crippen LogP contribution is -2.05. The summed E-state index contributed by atoms with van der Waals surface area (Å²) in [5.74, 6) is 0.792. The van der Waals surface area contributed by atoms with Gasteiger partial charge in [0, 0.05) is 23.6 Å². The number of nitrogens with zero attached hydrogens (tertiary/aromatic N) is 1. The molecule has 4 nitrogen and oxygen atoms in total. The number of benzene rings is 1. The molecule has 0 amide bonds. The van der Waals surface area contributed by atoms with Crippen molar-refractivity contribution in [3.8, 4) is 5.75 Å². The van der Waals surface area contributed by atoms with E-state index in [1.54, 1.807) is 13.0 Å². The molecule has 0 bridgehead atoms. The number of fused-ring (bicyclic) bond motifs is 1. The molecular weight excluding hydrogens is 182 g/mol. The van der Waals surface area contributed by atoms with Crippen molar-refractivity contribution in [2.24, 2.45) is 0 Å². The average molecular weight is 193 g/mol. The second kappa shape index (κ2) is 2.97. The first-order valence-electron chi connectivity index (χ1n) is 4.53. The third-order valence-electron chi connectivity index (χ3n) is 2.54. The van der Waals surface area contributed by atoms with Gasteiger partial charge in [-0.15, -0.1) is 0 Å². The number of ether oxygens (including phenoxy) is 1. The van der Waals surface area contributed by atoms with E-state index in [2.05, 4.69) is 0 Å². The molecule has 74 valence electrons. The third kappa shape index (κ3) is 1.23. The lowest BCUT2D eigenvalue weighted by molar-refractivity contribution is -0.385. The molecule has 0 radical (unpaired) electrons. The van der Waals surface area contributed by atoms with E-state index in [9.17, 15) is 10.1 Å². The highest BCUT2D eigenvalue weighted by Crippen LogP contribution is 2.35. The van der Waals surface area contributed by atoms with Crippen molar-refractivity contribution < 1.29 is 9.66 Å². The van der Waals surface area contributed by atoms with Crippen LogP contribution < -0.4 is 4.74 Å². The van der Waals surface area contributed by atoms with Crippen molar-refractivity contribution in [1.82, 2.24) is 0 Å². The van der Waals surface area contributed by atoms with Gasteiger partial charge < -0.3 is 4.74 Å². The van der Waals surface area contributed by atoms with E-state index in [4.69, 9.17) is 4.74 Å². The van der Waals surface area contributed by atoms with Gasteiger partial charge >= 0.3 is 0 Å². The molecule has 0 saturated heterocycles. The number of rotatable bonds is 1. The Balaban J connectivity index is 2.53. The van der Waals surface area contributed by atoms with Gasteiger partial charge in [0.05, 0.1) is 4.92 Å². The highest BCUT2D eigenvalue weighted by atomic mass is 16.6. The fourth-order valence-electron chi connectivity index (χ4n) is 1.83. The normalized spacial score (nSPS) is 18.9. The SMILES string of the molecule is Cc1c([N+](=O)[O-])ccc2c1CC(C)O2. The minimum Gasteiger partial charge on any atom is -0.490 e. The first-order chi connectivity index (χ1) is 6.59. The maximum absolute atomic E-state index is 10.7. The maximum Gasteiger partial charge on any atom is 0.272 e. The van der Waals surface area contributed by atoms with Crippen molar-refractivity contribution in [2.45, 2.75) is 26.4 Å². The average Bonchev–Trinajstić information content (AvgIpc) is 2.46. The summed E-state index contributed by atoms with van der Waals surface area (Å²) in [6.45, 7) is 3.74. The van der Waals surface area contributed by atoms with Gasteiger partial charge in [0.25, 0.3) is 5.69 Å². The first kappa shape index (κ1) is 8.99. The molecule has 1 aromatic rings. The fraction of sp³-hybridized carbons (Fsp3) is 0.400. The molecule has 0 aromatic heterocycles. The zero-order chi connectivity index (χ0) is 10.3. The zero-order valence-corrected chi connectivity index (χ0v) is 8.11. The van der Waals surface area contributed by atoms with Crippen LogP contribution in [0.4, 0.5) is 5.69 Å². The topological polar surface area (TPSA) is 52.4 Å². The Morgan fingerprint density at radius 3 is 2.93 bits per heavy atom. The van der Waals surface area contributed by atoms with Crippen molar-refractivity contribution in [2.75, 3.05) is 0 Å². The lowest BCUT2D eigenvalue weighted by Gasteiger charge is -2.02. The van der Waals surface area contributed by atoms with E-state index in [1.807, 2.05) is 6.92 Å². The second-order valence-corrected chi connectivity index (χ2v) is 3.58. The molecule has 0 N–H and O–H groups in total. The number of hydrogen-bond donors (Lipinski definition) is 0. The lowest BCUT2D eigenvalue weighted by atomic mass is 10.0. The maximum atomic E-state index is 10.7. The van der Waals surface area contributed by atoms with Gasteiger partial charge in [0.15, 0.2) is 0 Å². The van der Waals surface area contributed by atoms with E-state index >= 15 is 0 Å². The van der Waals surface area contributed by atoms with Crippen molar-refractivity contribution >= 4 is 5.69 Å². The van der Waals surface area contributed by atoms with Crippen LogP contribution in [0.1, 0.15) is 18.1 Å². The van der Waals surface area contributed by atoms with Gasteiger partial charge in [0.2, 0.25) is 0 Å². The Morgan fingerprint density at radius 1 is 1.57 bits per heavy atom.